The van der Waals surface area contributed by atoms with Gasteiger partial charge in [0.1, 0.15) is 0 Å². The first-order valence-corrected chi connectivity index (χ1v) is 6.07. The van der Waals surface area contributed by atoms with Gasteiger partial charge in [-0.05, 0) is 26.2 Å². The Morgan fingerprint density at radius 3 is 1.67 bits per heavy atom. The highest BCUT2D eigenvalue weighted by molar-refractivity contribution is 7.84. The molecule has 1 N–H and O–H groups in total. The van der Waals surface area contributed by atoms with Crippen LogP contribution in [0.3, 0.4) is 0 Å². The molecule has 2 atom stereocenters. The monoisotopic (exact) mass is 241 g/mol. The zero-order valence-corrected chi connectivity index (χ0v) is 11.0. The molecular formula is C10H21F2NOS. The lowest BCUT2D eigenvalue weighted by molar-refractivity contribution is 0.0575. The molecule has 0 bridgehead atoms. The van der Waals surface area contributed by atoms with Crippen molar-refractivity contribution < 1.29 is 13.0 Å². The van der Waals surface area contributed by atoms with Crippen molar-refractivity contribution in [1.29, 1.82) is 0 Å². The molecule has 2 nitrogen and oxygen atoms in total. The van der Waals surface area contributed by atoms with E-state index in [4.69, 9.17) is 0 Å². The van der Waals surface area contributed by atoms with Gasteiger partial charge < -0.3 is 0 Å². The van der Waals surface area contributed by atoms with E-state index >= 15 is 0 Å². The highest BCUT2D eigenvalue weighted by atomic mass is 32.2. The predicted molar refractivity (Wildman–Crippen MR) is 60.3 cm³/mol. The lowest BCUT2D eigenvalue weighted by Crippen LogP contribution is -2.50. The number of rotatable bonds is 3. The van der Waals surface area contributed by atoms with Crippen LogP contribution in [0.4, 0.5) is 8.78 Å². The first-order valence-electron chi connectivity index (χ1n) is 4.92. The van der Waals surface area contributed by atoms with Crippen LogP contribution in [0.15, 0.2) is 0 Å². The molecule has 0 rings (SSSR count). The van der Waals surface area contributed by atoms with Crippen molar-refractivity contribution in [3.63, 3.8) is 0 Å². The third-order valence-electron chi connectivity index (χ3n) is 1.98. The summed E-state index contributed by atoms with van der Waals surface area (Å²) in [6, 6.07) is -1.06. The molecule has 5 heteroatoms. The SMILES string of the molecule is CC(C)(C)[C@@H](NS(=O)C(C)(C)C)C(F)F. The largest absolute Gasteiger partial charge is 0.255 e. The van der Waals surface area contributed by atoms with Gasteiger partial charge in [0.05, 0.1) is 21.8 Å². The predicted octanol–water partition coefficient (Wildman–Crippen LogP) is 2.72. The van der Waals surface area contributed by atoms with Gasteiger partial charge >= 0.3 is 0 Å². The van der Waals surface area contributed by atoms with E-state index in [9.17, 15) is 13.0 Å². The van der Waals surface area contributed by atoms with Crippen molar-refractivity contribution in [2.75, 3.05) is 0 Å². The van der Waals surface area contributed by atoms with E-state index in [0.29, 0.717) is 0 Å². The van der Waals surface area contributed by atoms with Crippen LogP contribution in [0.25, 0.3) is 0 Å². The fraction of sp³-hybridized carbons (Fsp3) is 1.00. The maximum atomic E-state index is 12.7. The summed E-state index contributed by atoms with van der Waals surface area (Å²) >= 11 is 0. The molecule has 0 aromatic carbocycles. The average molecular weight is 241 g/mol. The van der Waals surface area contributed by atoms with E-state index in [1.807, 2.05) is 0 Å². The molecular weight excluding hydrogens is 220 g/mol. The van der Waals surface area contributed by atoms with E-state index in [1.165, 1.54) is 0 Å². The summed E-state index contributed by atoms with van der Waals surface area (Å²) in [4.78, 5) is 0. The average Bonchev–Trinajstić information content (AvgIpc) is 1.94. The van der Waals surface area contributed by atoms with Crippen molar-refractivity contribution in [2.24, 2.45) is 5.41 Å². The fourth-order valence-electron chi connectivity index (χ4n) is 0.898. The van der Waals surface area contributed by atoms with Crippen LogP contribution in [0, 0.1) is 5.41 Å². The molecule has 0 amide bonds. The fourth-order valence-corrected chi connectivity index (χ4v) is 1.94. The summed E-state index contributed by atoms with van der Waals surface area (Å²) in [7, 11) is -1.46. The van der Waals surface area contributed by atoms with E-state index in [0.717, 1.165) is 0 Å². The summed E-state index contributed by atoms with van der Waals surface area (Å²) < 4.78 is 39.2. The van der Waals surface area contributed by atoms with Gasteiger partial charge in [-0.1, -0.05) is 20.8 Å². The van der Waals surface area contributed by atoms with E-state index in [2.05, 4.69) is 4.72 Å². The van der Waals surface area contributed by atoms with Crippen molar-refractivity contribution in [1.82, 2.24) is 4.72 Å². The highest BCUT2D eigenvalue weighted by Gasteiger charge is 2.35. The molecule has 15 heavy (non-hydrogen) atoms. The maximum absolute atomic E-state index is 12.7. The molecule has 0 aliphatic rings. The van der Waals surface area contributed by atoms with Crippen LogP contribution in [0.1, 0.15) is 41.5 Å². The number of halogens is 2. The standard InChI is InChI=1S/C10H21F2NOS/c1-9(2,3)7(8(11)12)13-15(14)10(4,5)6/h7-8,13H,1-6H3/t7-,15?/m0/s1. The summed E-state index contributed by atoms with van der Waals surface area (Å²) in [5.74, 6) is 0. The smallest absolute Gasteiger partial charge is 0.242 e. The van der Waals surface area contributed by atoms with E-state index in [1.54, 1.807) is 41.5 Å². The van der Waals surface area contributed by atoms with Crippen LogP contribution in [-0.4, -0.2) is 21.4 Å². The van der Waals surface area contributed by atoms with E-state index in [-0.39, 0.29) is 0 Å². The van der Waals surface area contributed by atoms with Crippen molar-refractivity contribution >= 4 is 11.0 Å². The van der Waals surface area contributed by atoms with Crippen LogP contribution < -0.4 is 4.72 Å². The van der Waals surface area contributed by atoms with Gasteiger partial charge in [0.15, 0.2) is 0 Å². The van der Waals surface area contributed by atoms with Crippen LogP contribution in [0.2, 0.25) is 0 Å². The van der Waals surface area contributed by atoms with Gasteiger partial charge in [0, 0.05) is 0 Å². The summed E-state index contributed by atoms with van der Waals surface area (Å²) in [5, 5.41) is 0. The molecule has 0 aliphatic heterocycles. The zero-order chi connectivity index (χ0) is 12.4. The molecule has 0 radical (unpaired) electrons. The molecule has 0 spiro atoms. The van der Waals surface area contributed by atoms with Gasteiger partial charge in [-0.25, -0.2) is 17.7 Å². The molecule has 0 aliphatic carbocycles. The number of hydrogen-bond acceptors (Lipinski definition) is 1. The molecule has 1 unspecified atom stereocenters. The van der Waals surface area contributed by atoms with Crippen molar-refractivity contribution in [3.8, 4) is 0 Å². The third-order valence-corrected chi connectivity index (χ3v) is 3.56. The second kappa shape index (κ2) is 4.87. The molecule has 0 fully saturated rings. The molecule has 0 aromatic rings. The molecule has 92 valence electrons. The molecule has 0 heterocycles. The van der Waals surface area contributed by atoms with Crippen molar-refractivity contribution in [2.45, 2.75) is 58.8 Å². The highest BCUT2D eigenvalue weighted by Crippen LogP contribution is 2.25. The third kappa shape index (κ3) is 5.02. The Morgan fingerprint density at radius 1 is 1.07 bits per heavy atom. The minimum absolute atomic E-state index is 0.529. The Bertz CT molecular complexity index is 231. The topological polar surface area (TPSA) is 29.1 Å². The van der Waals surface area contributed by atoms with Gasteiger partial charge in [0.25, 0.3) is 6.43 Å². The van der Waals surface area contributed by atoms with Crippen LogP contribution in [0.5, 0.6) is 0 Å². The minimum Gasteiger partial charge on any atom is -0.242 e. The molecule has 0 aromatic heterocycles. The maximum Gasteiger partial charge on any atom is 0.255 e. The van der Waals surface area contributed by atoms with Crippen LogP contribution in [-0.2, 0) is 11.0 Å². The Hall–Kier alpha value is -0.0300. The van der Waals surface area contributed by atoms with Gasteiger partial charge in [0.2, 0.25) is 0 Å². The number of hydrogen-bond donors (Lipinski definition) is 1. The second-order valence-electron chi connectivity index (χ2n) is 5.68. The van der Waals surface area contributed by atoms with Gasteiger partial charge in [-0.15, -0.1) is 0 Å². The molecule has 0 saturated heterocycles. The summed E-state index contributed by atoms with van der Waals surface area (Å²) in [5.41, 5.74) is -0.616. The zero-order valence-electron chi connectivity index (χ0n) is 10.2. The number of alkyl halides is 2. The Kier molecular flexibility index (Phi) is 4.86. The Labute approximate surface area is 93.4 Å². The summed E-state index contributed by atoms with van der Waals surface area (Å²) in [6.07, 6.45) is -2.52. The first kappa shape index (κ1) is 15.0. The Morgan fingerprint density at radius 2 is 1.47 bits per heavy atom. The van der Waals surface area contributed by atoms with Gasteiger partial charge in [-0.3, -0.25) is 0 Å². The summed E-state index contributed by atoms with van der Waals surface area (Å²) in [6.45, 7) is 10.4. The minimum atomic E-state index is -2.52. The quantitative estimate of drug-likeness (QED) is 0.808. The molecule has 0 saturated carbocycles. The van der Waals surface area contributed by atoms with Gasteiger partial charge in [-0.2, -0.15) is 0 Å². The lowest BCUT2D eigenvalue weighted by Gasteiger charge is -2.32. The normalized spacial score (nSPS) is 17.9. The second-order valence-corrected chi connectivity index (χ2v) is 7.68. The Balaban J connectivity index is 4.66. The number of nitrogens with one attached hydrogen (secondary N) is 1. The van der Waals surface area contributed by atoms with Crippen LogP contribution >= 0.6 is 0 Å². The lowest BCUT2D eigenvalue weighted by atomic mass is 9.88. The first-order chi connectivity index (χ1) is 6.46. The van der Waals surface area contributed by atoms with E-state index < -0.39 is 33.6 Å². The van der Waals surface area contributed by atoms with Crippen molar-refractivity contribution in [3.05, 3.63) is 0 Å².